The van der Waals surface area contributed by atoms with E-state index >= 15 is 0 Å². The number of carbonyl (C=O) groups excluding carboxylic acids is 2. The first-order valence-corrected chi connectivity index (χ1v) is 8.90. The summed E-state index contributed by atoms with van der Waals surface area (Å²) in [5.74, 6) is 0.191. The van der Waals surface area contributed by atoms with E-state index < -0.39 is 0 Å². The second kappa shape index (κ2) is 7.11. The van der Waals surface area contributed by atoms with Crippen molar-refractivity contribution < 1.29 is 9.59 Å². The summed E-state index contributed by atoms with van der Waals surface area (Å²) in [6, 6.07) is 13.5. The van der Waals surface area contributed by atoms with Crippen LogP contribution >= 0.6 is 0 Å². The van der Waals surface area contributed by atoms with Gasteiger partial charge in [0.1, 0.15) is 5.69 Å². The van der Waals surface area contributed by atoms with E-state index in [-0.39, 0.29) is 18.4 Å². The Labute approximate surface area is 157 Å². The molecule has 0 unspecified atom stereocenters. The fourth-order valence-corrected chi connectivity index (χ4v) is 3.28. The van der Waals surface area contributed by atoms with Crippen molar-refractivity contribution in [2.75, 3.05) is 6.54 Å². The van der Waals surface area contributed by atoms with Crippen molar-refractivity contribution in [2.24, 2.45) is 7.05 Å². The predicted molar refractivity (Wildman–Crippen MR) is 100.0 cm³/mol. The van der Waals surface area contributed by atoms with E-state index in [1.54, 1.807) is 10.6 Å². The van der Waals surface area contributed by atoms with E-state index in [1.807, 2.05) is 65.3 Å². The zero-order valence-corrected chi connectivity index (χ0v) is 15.1. The molecule has 0 aliphatic carbocycles. The molecular weight excluding hydrogens is 342 g/mol. The summed E-state index contributed by atoms with van der Waals surface area (Å²) in [6.45, 7) is 2.21. The molecule has 0 saturated carbocycles. The van der Waals surface area contributed by atoms with E-state index in [1.165, 1.54) is 0 Å². The van der Waals surface area contributed by atoms with Gasteiger partial charge < -0.3 is 19.4 Å². The summed E-state index contributed by atoms with van der Waals surface area (Å²) >= 11 is 0. The summed E-state index contributed by atoms with van der Waals surface area (Å²) < 4.78 is 3.63. The molecule has 2 amide bonds. The van der Waals surface area contributed by atoms with Crippen LogP contribution in [0.4, 0.5) is 0 Å². The van der Waals surface area contributed by atoms with Gasteiger partial charge in [-0.3, -0.25) is 9.59 Å². The molecule has 138 valence electrons. The SMILES string of the molecule is Cn1cccc1C(=O)NCc1cn2c(n1)C(=O)N(Cc1ccccc1)CC2. The van der Waals surface area contributed by atoms with Crippen molar-refractivity contribution in [3.8, 4) is 0 Å². The number of amides is 2. The van der Waals surface area contributed by atoms with Gasteiger partial charge in [-0.25, -0.2) is 4.98 Å². The minimum atomic E-state index is -0.162. The van der Waals surface area contributed by atoms with Crippen LogP contribution in [-0.4, -0.2) is 37.4 Å². The summed E-state index contributed by atoms with van der Waals surface area (Å²) in [5, 5.41) is 2.86. The molecule has 7 nitrogen and oxygen atoms in total. The lowest BCUT2D eigenvalue weighted by Crippen LogP contribution is -2.39. The number of benzene rings is 1. The van der Waals surface area contributed by atoms with E-state index in [2.05, 4.69) is 10.3 Å². The van der Waals surface area contributed by atoms with Gasteiger partial charge in [0.05, 0.1) is 12.2 Å². The normalized spacial score (nSPS) is 13.5. The third-order valence-electron chi connectivity index (χ3n) is 4.74. The van der Waals surface area contributed by atoms with Gasteiger partial charge in [-0.1, -0.05) is 30.3 Å². The van der Waals surface area contributed by atoms with Crippen LogP contribution in [0.1, 0.15) is 32.4 Å². The number of carbonyl (C=O) groups is 2. The Balaban J connectivity index is 1.43. The van der Waals surface area contributed by atoms with E-state index in [4.69, 9.17) is 0 Å². The molecular formula is C20H21N5O2. The molecule has 27 heavy (non-hydrogen) atoms. The first kappa shape index (κ1) is 17.1. The second-order valence-corrected chi connectivity index (χ2v) is 6.65. The Morgan fingerprint density at radius 3 is 2.70 bits per heavy atom. The summed E-state index contributed by atoms with van der Waals surface area (Å²) in [5.41, 5.74) is 2.37. The zero-order chi connectivity index (χ0) is 18.8. The second-order valence-electron chi connectivity index (χ2n) is 6.65. The lowest BCUT2D eigenvalue weighted by atomic mass is 10.2. The van der Waals surface area contributed by atoms with Crippen LogP contribution < -0.4 is 5.32 Å². The summed E-state index contributed by atoms with van der Waals surface area (Å²) in [6.07, 6.45) is 3.67. The topological polar surface area (TPSA) is 72.2 Å². The molecule has 3 aromatic rings. The minimum Gasteiger partial charge on any atom is -0.347 e. The smallest absolute Gasteiger partial charge is 0.290 e. The fraction of sp³-hybridized carbons (Fsp3) is 0.250. The summed E-state index contributed by atoms with van der Waals surface area (Å²) in [7, 11) is 1.82. The van der Waals surface area contributed by atoms with Gasteiger partial charge in [0.25, 0.3) is 11.8 Å². The maximum Gasteiger partial charge on any atom is 0.290 e. The molecule has 1 aliphatic rings. The Bertz CT molecular complexity index is 973. The zero-order valence-electron chi connectivity index (χ0n) is 15.1. The molecule has 0 saturated heterocycles. The Kier molecular flexibility index (Phi) is 4.50. The highest BCUT2D eigenvalue weighted by molar-refractivity contribution is 5.93. The van der Waals surface area contributed by atoms with E-state index in [0.29, 0.717) is 36.8 Å². The van der Waals surface area contributed by atoms with Crippen molar-refractivity contribution in [3.63, 3.8) is 0 Å². The molecule has 7 heteroatoms. The number of nitrogens with zero attached hydrogens (tertiary/aromatic N) is 4. The summed E-state index contributed by atoms with van der Waals surface area (Å²) in [4.78, 5) is 31.2. The van der Waals surface area contributed by atoms with Crippen molar-refractivity contribution in [1.29, 1.82) is 0 Å². The number of aryl methyl sites for hydroxylation is 1. The van der Waals surface area contributed by atoms with Gasteiger partial charge in [-0.2, -0.15) is 0 Å². The number of nitrogens with one attached hydrogen (secondary N) is 1. The van der Waals surface area contributed by atoms with Gasteiger partial charge in [0.2, 0.25) is 0 Å². The number of rotatable bonds is 5. The van der Waals surface area contributed by atoms with Crippen molar-refractivity contribution in [1.82, 2.24) is 24.3 Å². The molecule has 1 aromatic carbocycles. The average Bonchev–Trinajstić information content (AvgIpc) is 3.29. The Hall–Kier alpha value is -3.35. The van der Waals surface area contributed by atoms with Gasteiger partial charge in [-0.15, -0.1) is 0 Å². The van der Waals surface area contributed by atoms with Crippen LogP contribution in [-0.2, 0) is 26.7 Å². The monoisotopic (exact) mass is 363 g/mol. The molecule has 0 spiro atoms. The van der Waals surface area contributed by atoms with Gasteiger partial charge in [-0.05, 0) is 17.7 Å². The Morgan fingerprint density at radius 2 is 1.96 bits per heavy atom. The number of hydrogen-bond acceptors (Lipinski definition) is 3. The van der Waals surface area contributed by atoms with Crippen LogP contribution in [0.2, 0.25) is 0 Å². The molecule has 3 heterocycles. The lowest BCUT2D eigenvalue weighted by Gasteiger charge is -2.27. The predicted octanol–water partition coefficient (Wildman–Crippen LogP) is 1.81. The Morgan fingerprint density at radius 1 is 1.15 bits per heavy atom. The van der Waals surface area contributed by atoms with Gasteiger partial charge >= 0.3 is 0 Å². The van der Waals surface area contributed by atoms with Gasteiger partial charge in [0.15, 0.2) is 5.82 Å². The molecule has 1 aliphatic heterocycles. The first-order chi connectivity index (χ1) is 13.1. The number of aromatic nitrogens is 3. The molecule has 1 N–H and O–H groups in total. The molecule has 0 radical (unpaired) electrons. The first-order valence-electron chi connectivity index (χ1n) is 8.90. The van der Waals surface area contributed by atoms with Crippen LogP contribution in [0.15, 0.2) is 54.9 Å². The number of imidazole rings is 1. The van der Waals surface area contributed by atoms with Gasteiger partial charge in [0, 0.05) is 39.1 Å². The minimum absolute atomic E-state index is 0.0786. The highest BCUT2D eigenvalue weighted by Crippen LogP contribution is 2.16. The maximum atomic E-state index is 12.8. The average molecular weight is 363 g/mol. The molecule has 0 atom stereocenters. The van der Waals surface area contributed by atoms with Crippen molar-refractivity contribution in [3.05, 3.63) is 77.6 Å². The number of hydrogen-bond donors (Lipinski definition) is 1. The van der Waals surface area contributed by atoms with E-state index in [9.17, 15) is 9.59 Å². The third kappa shape index (κ3) is 3.48. The van der Waals surface area contributed by atoms with Crippen LogP contribution in [0.3, 0.4) is 0 Å². The lowest BCUT2D eigenvalue weighted by molar-refractivity contribution is 0.0683. The standard InChI is InChI=1S/C20H21N5O2/c1-23-9-5-8-17(23)19(26)21-12-16-14-24-10-11-25(20(27)18(24)22-16)13-15-6-3-2-4-7-15/h2-9,14H,10-13H2,1H3,(H,21,26). The van der Waals surface area contributed by atoms with Crippen molar-refractivity contribution in [2.45, 2.75) is 19.6 Å². The van der Waals surface area contributed by atoms with Crippen LogP contribution in [0.25, 0.3) is 0 Å². The van der Waals surface area contributed by atoms with Crippen LogP contribution in [0, 0.1) is 0 Å². The van der Waals surface area contributed by atoms with E-state index in [0.717, 1.165) is 5.56 Å². The quantitative estimate of drug-likeness (QED) is 0.751. The molecule has 0 fully saturated rings. The largest absolute Gasteiger partial charge is 0.347 e. The highest BCUT2D eigenvalue weighted by atomic mass is 16.2. The highest BCUT2D eigenvalue weighted by Gasteiger charge is 2.27. The molecule has 4 rings (SSSR count). The molecule has 2 aromatic heterocycles. The van der Waals surface area contributed by atoms with Crippen molar-refractivity contribution >= 4 is 11.8 Å². The molecule has 0 bridgehead atoms. The third-order valence-corrected chi connectivity index (χ3v) is 4.74. The maximum absolute atomic E-state index is 12.8. The van der Waals surface area contributed by atoms with Crippen LogP contribution in [0.5, 0.6) is 0 Å². The number of fused-ring (bicyclic) bond motifs is 1. The fourth-order valence-electron chi connectivity index (χ4n) is 3.28.